The molecule has 2 atom stereocenters. The quantitative estimate of drug-likeness (QED) is 0.722. The molecule has 1 aliphatic heterocycles. The molecule has 0 aromatic rings. The third-order valence-corrected chi connectivity index (χ3v) is 3.08. The van der Waals surface area contributed by atoms with Crippen LogP contribution in [0.3, 0.4) is 0 Å². The van der Waals surface area contributed by atoms with Crippen molar-refractivity contribution in [3.63, 3.8) is 0 Å². The zero-order valence-corrected chi connectivity index (χ0v) is 10.3. The molecule has 0 aliphatic carbocycles. The molecule has 0 spiro atoms. The Balaban J connectivity index is 2.42. The summed E-state index contributed by atoms with van der Waals surface area (Å²) in [5.41, 5.74) is 0. The first-order valence-corrected chi connectivity index (χ1v) is 5.74. The Labute approximate surface area is 92.6 Å². The van der Waals surface area contributed by atoms with Gasteiger partial charge in [0.15, 0.2) is 0 Å². The Hall–Kier alpha value is -0.610. The molecule has 88 valence electrons. The molecule has 0 aromatic heterocycles. The summed E-state index contributed by atoms with van der Waals surface area (Å²) in [4.78, 5) is 16.0. The predicted octanol–water partition coefficient (Wildman–Crippen LogP) is 0.495. The Morgan fingerprint density at radius 3 is 2.80 bits per heavy atom. The van der Waals surface area contributed by atoms with Crippen molar-refractivity contribution in [1.29, 1.82) is 0 Å². The molecule has 1 rings (SSSR count). The zero-order valence-electron chi connectivity index (χ0n) is 10.3. The number of hydrogen-bond acceptors (Lipinski definition) is 3. The van der Waals surface area contributed by atoms with Gasteiger partial charge in [0.1, 0.15) is 0 Å². The molecule has 4 nitrogen and oxygen atoms in total. The average molecular weight is 213 g/mol. The number of nitrogens with zero attached hydrogens (tertiary/aromatic N) is 2. The number of carbonyl (C=O) groups excluding carboxylic acids is 1. The van der Waals surface area contributed by atoms with E-state index in [0.717, 1.165) is 19.4 Å². The van der Waals surface area contributed by atoms with Gasteiger partial charge in [-0.1, -0.05) is 13.3 Å². The molecule has 4 heteroatoms. The van der Waals surface area contributed by atoms with Crippen molar-refractivity contribution in [2.45, 2.75) is 38.8 Å². The summed E-state index contributed by atoms with van der Waals surface area (Å²) in [6.07, 6.45) is 2.01. The monoisotopic (exact) mass is 213 g/mol. The van der Waals surface area contributed by atoms with Crippen LogP contribution in [0.1, 0.15) is 26.7 Å². The summed E-state index contributed by atoms with van der Waals surface area (Å²) in [6.45, 7) is 5.78. The first kappa shape index (κ1) is 12.5. The highest BCUT2D eigenvalue weighted by atomic mass is 16.2. The van der Waals surface area contributed by atoms with Crippen LogP contribution in [0.15, 0.2) is 0 Å². The van der Waals surface area contributed by atoms with E-state index in [2.05, 4.69) is 24.1 Å². The molecule has 0 radical (unpaired) electrons. The van der Waals surface area contributed by atoms with E-state index in [1.165, 1.54) is 0 Å². The molecule has 1 heterocycles. The number of rotatable bonds is 5. The number of hydrogen-bond donors (Lipinski definition) is 1. The molecular weight excluding hydrogens is 190 g/mol. The summed E-state index contributed by atoms with van der Waals surface area (Å²) >= 11 is 0. The van der Waals surface area contributed by atoms with E-state index in [1.54, 1.807) is 0 Å². The van der Waals surface area contributed by atoms with Crippen LogP contribution in [0.25, 0.3) is 0 Å². The van der Waals surface area contributed by atoms with Gasteiger partial charge in [0, 0.05) is 12.6 Å². The van der Waals surface area contributed by atoms with Gasteiger partial charge in [0.25, 0.3) is 0 Å². The van der Waals surface area contributed by atoms with E-state index in [9.17, 15) is 4.79 Å². The zero-order chi connectivity index (χ0) is 11.4. The van der Waals surface area contributed by atoms with E-state index in [4.69, 9.17) is 0 Å². The largest absolute Gasteiger partial charge is 0.327 e. The molecule has 1 saturated heterocycles. The summed E-state index contributed by atoms with van der Waals surface area (Å²) in [5.74, 6) is 0.269. The van der Waals surface area contributed by atoms with Crippen LogP contribution >= 0.6 is 0 Å². The highest BCUT2D eigenvalue weighted by Crippen LogP contribution is 2.10. The first-order chi connectivity index (χ1) is 7.06. The maximum Gasteiger partial charge on any atom is 0.240 e. The summed E-state index contributed by atoms with van der Waals surface area (Å²) in [5, 5.41) is 3.26. The number of likely N-dealkylation sites (N-methyl/N-ethyl adjacent to an activating group) is 1. The fourth-order valence-electron chi connectivity index (χ4n) is 1.76. The van der Waals surface area contributed by atoms with E-state index < -0.39 is 0 Å². The van der Waals surface area contributed by atoms with E-state index in [1.807, 2.05) is 19.0 Å². The lowest BCUT2D eigenvalue weighted by atomic mass is 10.1. The predicted molar refractivity (Wildman–Crippen MR) is 61.6 cm³/mol. The minimum absolute atomic E-state index is 0.0596. The molecular formula is C11H23N3O. The SMILES string of the molecule is CCCC1NCN(CC(C)N(C)C)C1=O. The summed E-state index contributed by atoms with van der Waals surface area (Å²) < 4.78 is 0. The Kier molecular flexibility index (Phi) is 4.54. The number of amides is 1. The van der Waals surface area contributed by atoms with Crippen molar-refractivity contribution in [3.8, 4) is 0 Å². The molecule has 1 aliphatic rings. The van der Waals surface area contributed by atoms with Gasteiger partial charge in [-0.25, -0.2) is 0 Å². The summed E-state index contributed by atoms with van der Waals surface area (Å²) in [7, 11) is 4.09. The second-order valence-electron chi connectivity index (χ2n) is 4.58. The second-order valence-corrected chi connectivity index (χ2v) is 4.58. The Morgan fingerprint density at radius 1 is 1.60 bits per heavy atom. The first-order valence-electron chi connectivity index (χ1n) is 5.74. The van der Waals surface area contributed by atoms with Crippen molar-refractivity contribution in [2.24, 2.45) is 0 Å². The smallest absolute Gasteiger partial charge is 0.240 e. The average Bonchev–Trinajstić information content (AvgIpc) is 2.50. The lowest BCUT2D eigenvalue weighted by Gasteiger charge is -2.25. The van der Waals surface area contributed by atoms with Crippen molar-refractivity contribution in [1.82, 2.24) is 15.1 Å². The van der Waals surface area contributed by atoms with Crippen LogP contribution in [0.2, 0.25) is 0 Å². The van der Waals surface area contributed by atoms with Gasteiger partial charge < -0.3 is 9.80 Å². The van der Waals surface area contributed by atoms with E-state index in [0.29, 0.717) is 12.7 Å². The highest BCUT2D eigenvalue weighted by molar-refractivity contribution is 5.83. The number of carbonyl (C=O) groups is 1. The van der Waals surface area contributed by atoms with Crippen LogP contribution in [-0.2, 0) is 4.79 Å². The third kappa shape index (κ3) is 3.18. The Morgan fingerprint density at radius 2 is 2.27 bits per heavy atom. The lowest BCUT2D eigenvalue weighted by molar-refractivity contribution is -0.129. The van der Waals surface area contributed by atoms with Gasteiger partial charge in [-0.05, 0) is 27.4 Å². The van der Waals surface area contributed by atoms with Crippen molar-refractivity contribution in [2.75, 3.05) is 27.3 Å². The van der Waals surface area contributed by atoms with Gasteiger partial charge in [-0.15, -0.1) is 0 Å². The van der Waals surface area contributed by atoms with Crippen molar-refractivity contribution >= 4 is 5.91 Å². The highest BCUT2D eigenvalue weighted by Gasteiger charge is 2.30. The van der Waals surface area contributed by atoms with E-state index >= 15 is 0 Å². The number of nitrogens with one attached hydrogen (secondary N) is 1. The molecule has 1 N–H and O–H groups in total. The molecule has 15 heavy (non-hydrogen) atoms. The van der Waals surface area contributed by atoms with Crippen molar-refractivity contribution in [3.05, 3.63) is 0 Å². The maximum absolute atomic E-state index is 11.9. The van der Waals surface area contributed by atoms with Gasteiger partial charge in [0.2, 0.25) is 5.91 Å². The van der Waals surface area contributed by atoms with Gasteiger partial charge in [0.05, 0.1) is 12.7 Å². The molecule has 0 aromatic carbocycles. The summed E-state index contributed by atoms with van der Waals surface area (Å²) in [6, 6.07) is 0.473. The minimum Gasteiger partial charge on any atom is -0.327 e. The lowest BCUT2D eigenvalue weighted by Crippen LogP contribution is -2.40. The van der Waals surface area contributed by atoms with E-state index in [-0.39, 0.29) is 11.9 Å². The van der Waals surface area contributed by atoms with Crippen LogP contribution in [0.5, 0.6) is 0 Å². The van der Waals surface area contributed by atoms with Crippen molar-refractivity contribution < 1.29 is 4.79 Å². The fourth-order valence-corrected chi connectivity index (χ4v) is 1.76. The third-order valence-electron chi connectivity index (χ3n) is 3.08. The molecule has 0 saturated carbocycles. The van der Waals surface area contributed by atoms with Crippen LogP contribution in [0.4, 0.5) is 0 Å². The van der Waals surface area contributed by atoms with Gasteiger partial charge in [-0.2, -0.15) is 0 Å². The second kappa shape index (κ2) is 5.47. The normalized spacial score (nSPS) is 23.9. The van der Waals surface area contributed by atoms with Crippen LogP contribution in [0, 0.1) is 0 Å². The maximum atomic E-state index is 11.9. The molecule has 0 bridgehead atoms. The Bertz CT molecular complexity index is 218. The standard InChI is InChI=1S/C11H23N3O/c1-5-6-10-11(15)14(8-12-10)7-9(2)13(3)4/h9-10,12H,5-8H2,1-4H3. The van der Waals surface area contributed by atoms with Gasteiger partial charge >= 0.3 is 0 Å². The topological polar surface area (TPSA) is 35.6 Å². The molecule has 1 fully saturated rings. The van der Waals surface area contributed by atoms with Gasteiger partial charge in [-0.3, -0.25) is 10.1 Å². The molecule has 2 unspecified atom stereocenters. The van der Waals surface area contributed by atoms with Crippen LogP contribution < -0.4 is 5.32 Å². The molecule has 1 amide bonds. The van der Waals surface area contributed by atoms with Crippen LogP contribution in [-0.4, -0.2) is 55.1 Å². The minimum atomic E-state index is 0.0596. The fraction of sp³-hybridized carbons (Fsp3) is 0.909.